The molecule has 0 unspecified atom stereocenters. The highest BCUT2D eigenvalue weighted by Crippen LogP contribution is 2.29. The number of rotatable bonds is 11. The molecule has 9 heteroatoms. The molecule has 3 N–H and O–H groups in total. The standard InChI is InChI=1S/C24H29N5O3S/c1-32-16-13-21-28-22-23(19-11-5-6-12-20(19)27-24(22)25)29(21)15-8-7-14-26-33(30,31)17-18-9-3-2-4-10-18/h2-6,9-12,26H,7-8,13-17H2,1H3,(H2,25,27). The zero-order valence-electron chi connectivity index (χ0n) is 18.7. The fraction of sp³-hybridized carbons (Fsp3) is 0.333. The van der Waals surface area contributed by atoms with Crippen molar-refractivity contribution in [2.75, 3.05) is 26.0 Å². The number of nitrogens with one attached hydrogen (secondary N) is 1. The molecular weight excluding hydrogens is 438 g/mol. The van der Waals surface area contributed by atoms with Gasteiger partial charge in [-0.3, -0.25) is 0 Å². The van der Waals surface area contributed by atoms with Crippen molar-refractivity contribution in [3.05, 3.63) is 66.0 Å². The van der Waals surface area contributed by atoms with Gasteiger partial charge in [-0.2, -0.15) is 0 Å². The van der Waals surface area contributed by atoms with Crippen molar-refractivity contribution >= 4 is 37.8 Å². The van der Waals surface area contributed by atoms with Gasteiger partial charge in [-0.1, -0.05) is 48.5 Å². The van der Waals surface area contributed by atoms with Crippen molar-refractivity contribution in [1.82, 2.24) is 19.3 Å². The molecule has 8 nitrogen and oxygen atoms in total. The summed E-state index contributed by atoms with van der Waals surface area (Å²) in [5.41, 5.74) is 9.49. The third-order valence-corrected chi connectivity index (χ3v) is 6.91. The predicted molar refractivity (Wildman–Crippen MR) is 131 cm³/mol. The zero-order valence-corrected chi connectivity index (χ0v) is 19.5. The fourth-order valence-corrected chi connectivity index (χ4v) is 5.19. The quantitative estimate of drug-likeness (QED) is 0.328. The van der Waals surface area contributed by atoms with Gasteiger partial charge in [0.25, 0.3) is 0 Å². The second-order valence-corrected chi connectivity index (χ2v) is 9.79. The summed E-state index contributed by atoms with van der Waals surface area (Å²) in [6.45, 7) is 1.64. The molecule has 4 aromatic rings. The smallest absolute Gasteiger partial charge is 0.215 e. The van der Waals surface area contributed by atoms with E-state index in [1.165, 1.54) is 0 Å². The van der Waals surface area contributed by atoms with Gasteiger partial charge in [0.05, 0.1) is 23.4 Å². The first-order valence-corrected chi connectivity index (χ1v) is 12.7. The van der Waals surface area contributed by atoms with Gasteiger partial charge in [0.15, 0.2) is 5.82 Å². The molecule has 174 valence electrons. The first-order valence-electron chi connectivity index (χ1n) is 11.0. The molecule has 0 fully saturated rings. The molecule has 0 amide bonds. The Morgan fingerprint density at radius 1 is 1.03 bits per heavy atom. The van der Waals surface area contributed by atoms with Crippen LogP contribution in [0.3, 0.4) is 0 Å². The Kier molecular flexibility index (Phi) is 7.22. The number of fused-ring (bicyclic) bond motifs is 3. The lowest BCUT2D eigenvalue weighted by Crippen LogP contribution is -2.26. The first kappa shape index (κ1) is 23.2. The number of unbranched alkanes of at least 4 members (excludes halogenated alkanes) is 1. The summed E-state index contributed by atoms with van der Waals surface area (Å²) in [6, 6.07) is 17.1. The predicted octanol–water partition coefficient (Wildman–Crippen LogP) is 3.26. The number of nitrogen functional groups attached to an aromatic ring is 1. The summed E-state index contributed by atoms with van der Waals surface area (Å²) in [5.74, 6) is 1.29. The van der Waals surface area contributed by atoms with E-state index in [2.05, 4.69) is 14.3 Å². The molecular formula is C24H29N5O3S. The molecule has 0 spiro atoms. The number of nitrogens with zero attached hydrogens (tertiary/aromatic N) is 3. The van der Waals surface area contributed by atoms with E-state index in [-0.39, 0.29) is 5.75 Å². The largest absolute Gasteiger partial charge is 0.384 e. The number of nitrogens with two attached hydrogens (primary N) is 1. The molecule has 0 aliphatic carbocycles. The maximum atomic E-state index is 12.4. The second kappa shape index (κ2) is 10.3. The minimum Gasteiger partial charge on any atom is -0.384 e. The summed E-state index contributed by atoms with van der Waals surface area (Å²) in [7, 11) is -1.70. The number of methoxy groups -OCH3 is 1. The first-order chi connectivity index (χ1) is 16.0. The number of hydrogen-bond donors (Lipinski definition) is 2. The minimum atomic E-state index is -3.37. The summed E-state index contributed by atoms with van der Waals surface area (Å²) < 4.78 is 34.9. The van der Waals surface area contributed by atoms with Crippen LogP contribution >= 0.6 is 0 Å². The molecule has 33 heavy (non-hydrogen) atoms. The number of para-hydroxylation sites is 1. The maximum Gasteiger partial charge on any atom is 0.215 e. The van der Waals surface area contributed by atoms with Gasteiger partial charge in [-0.15, -0.1) is 0 Å². The van der Waals surface area contributed by atoms with E-state index in [9.17, 15) is 8.42 Å². The number of anilines is 1. The Hall–Kier alpha value is -3.01. The molecule has 0 saturated carbocycles. The summed E-state index contributed by atoms with van der Waals surface area (Å²) in [6.07, 6.45) is 2.15. The van der Waals surface area contributed by atoms with Gasteiger partial charge in [0.2, 0.25) is 10.0 Å². The Bertz CT molecular complexity index is 1340. The van der Waals surface area contributed by atoms with Crippen LogP contribution in [-0.4, -0.2) is 43.2 Å². The van der Waals surface area contributed by atoms with Crippen LogP contribution in [0.2, 0.25) is 0 Å². The van der Waals surface area contributed by atoms with Crippen LogP contribution in [0.4, 0.5) is 5.82 Å². The number of benzene rings is 2. The molecule has 4 rings (SSSR count). The van der Waals surface area contributed by atoms with Crippen LogP contribution in [0.25, 0.3) is 21.9 Å². The van der Waals surface area contributed by atoms with Gasteiger partial charge in [0.1, 0.15) is 11.3 Å². The van der Waals surface area contributed by atoms with Gasteiger partial charge in [-0.25, -0.2) is 23.1 Å². The van der Waals surface area contributed by atoms with Gasteiger partial charge in [-0.05, 0) is 24.5 Å². The van der Waals surface area contributed by atoms with Crippen LogP contribution in [0, 0.1) is 0 Å². The molecule has 0 saturated heterocycles. The average molecular weight is 468 g/mol. The Morgan fingerprint density at radius 3 is 2.58 bits per heavy atom. The monoisotopic (exact) mass is 467 g/mol. The van der Waals surface area contributed by atoms with Crippen molar-refractivity contribution in [2.45, 2.75) is 31.6 Å². The molecule has 0 aliphatic heterocycles. The van der Waals surface area contributed by atoms with Crippen molar-refractivity contribution < 1.29 is 13.2 Å². The van der Waals surface area contributed by atoms with E-state index in [1.807, 2.05) is 54.6 Å². The number of pyridine rings is 1. The minimum absolute atomic E-state index is 0.0145. The van der Waals surface area contributed by atoms with Crippen molar-refractivity contribution in [3.8, 4) is 0 Å². The van der Waals surface area contributed by atoms with E-state index in [4.69, 9.17) is 15.5 Å². The number of hydrogen-bond acceptors (Lipinski definition) is 6. The fourth-order valence-electron chi connectivity index (χ4n) is 4.00. The topological polar surface area (TPSA) is 112 Å². The lowest BCUT2D eigenvalue weighted by Gasteiger charge is -2.11. The second-order valence-electron chi connectivity index (χ2n) is 7.98. The van der Waals surface area contributed by atoms with Gasteiger partial charge < -0.3 is 15.0 Å². The molecule has 0 atom stereocenters. The average Bonchev–Trinajstić information content (AvgIpc) is 3.17. The van der Waals surface area contributed by atoms with Gasteiger partial charge >= 0.3 is 0 Å². The lowest BCUT2D eigenvalue weighted by atomic mass is 10.2. The highest BCUT2D eigenvalue weighted by molar-refractivity contribution is 7.88. The van der Waals surface area contributed by atoms with E-state index in [1.54, 1.807) is 7.11 Å². The Morgan fingerprint density at radius 2 is 1.79 bits per heavy atom. The number of imidazole rings is 1. The summed E-state index contributed by atoms with van der Waals surface area (Å²) in [5, 5.41) is 1.00. The molecule has 2 aromatic carbocycles. The Balaban J connectivity index is 1.47. The van der Waals surface area contributed by atoms with Crippen molar-refractivity contribution in [1.29, 1.82) is 0 Å². The number of sulfonamides is 1. The molecule has 2 heterocycles. The van der Waals surface area contributed by atoms with Crippen LogP contribution in [-0.2, 0) is 33.5 Å². The van der Waals surface area contributed by atoms with Crippen molar-refractivity contribution in [2.24, 2.45) is 0 Å². The molecule has 0 radical (unpaired) electrons. The van der Waals surface area contributed by atoms with E-state index in [0.29, 0.717) is 43.9 Å². The Labute approximate surface area is 193 Å². The molecule has 0 aliphatic rings. The van der Waals surface area contributed by atoms with Crippen LogP contribution in [0.1, 0.15) is 24.2 Å². The van der Waals surface area contributed by atoms with Crippen molar-refractivity contribution in [3.63, 3.8) is 0 Å². The van der Waals surface area contributed by atoms with Crippen LogP contribution in [0.5, 0.6) is 0 Å². The molecule has 2 aromatic heterocycles. The third kappa shape index (κ3) is 5.50. The third-order valence-electron chi connectivity index (χ3n) is 5.55. The molecule has 0 bridgehead atoms. The zero-order chi connectivity index (χ0) is 23.3. The SMILES string of the molecule is COCCc1nc2c(N)nc3ccccc3c2n1CCCCNS(=O)(=O)Cc1ccccc1. The summed E-state index contributed by atoms with van der Waals surface area (Å²) in [4.78, 5) is 9.27. The van der Waals surface area contributed by atoms with E-state index < -0.39 is 10.0 Å². The van der Waals surface area contributed by atoms with Crippen LogP contribution in [0.15, 0.2) is 54.6 Å². The number of aryl methyl sites for hydroxylation is 1. The maximum absolute atomic E-state index is 12.4. The highest BCUT2D eigenvalue weighted by Gasteiger charge is 2.17. The van der Waals surface area contributed by atoms with E-state index in [0.717, 1.165) is 34.2 Å². The van der Waals surface area contributed by atoms with Crippen LogP contribution < -0.4 is 10.5 Å². The van der Waals surface area contributed by atoms with E-state index >= 15 is 0 Å². The summed E-state index contributed by atoms with van der Waals surface area (Å²) >= 11 is 0. The van der Waals surface area contributed by atoms with Gasteiger partial charge in [0, 0.05) is 32.0 Å². The number of aromatic nitrogens is 3. The highest BCUT2D eigenvalue weighted by atomic mass is 32.2. The lowest BCUT2D eigenvalue weighted by molar-refractivity contribution is 0.199. The normalized spacial score (nSPS) is 12.0. The number of ether oxygens (including phenoxy) is 1.